The van der Waals surface area contributed by atoms with Crippen LogP contribution in [0, 0.1) is 0 Å². The van der Waals surface area contributed by atoms with E-state index in [-0.39, 0.29) is 18.5 Å². The fourth-order valence-electron chi connectivity index (χ4n) is 4.51. The molecule has 2 fully saturated rings. The molecule has 0 saturated carbocycles. The number of hydrogen-bond acceptors (Lipinski definition) is 6. The van der Waals surface area contributed by atoms with E-state index in [1.54, 1.807) is 18.0 Å². The standard InChI is InChI=1S/C23H24ClN5O3/c1-3-32-17-10-8-16(9-11-17)27-12-13-28-19-20(25-22(27)28)26(2)23(31)29(21(19)30)14-15-6-4-5-7-18(15)24/h4-11,19-20H,3,12-14H2,1-2H3. The number of urea groups is 1. The lowest BCUT2D eigenvalue weighted by Crippen LogP contribution is -2.64. The minimum absolute atomic E-state index is 0.136. The topological polar surface area (TPSA) is 68.7 Å². The summed E-state index contributed by atoms with van der Waals surface area (Å²) in [5.41, 5.74) is 1.71. The van der Waals surface area contributed by atoms with E-state index >= 15 is 0 Å². The second kappa shape index (κ2) is 8.02. The van der Waals surface area contributed by atoms with Gasteiger partial charge in [0, 0.05) is 30.8 Å². The van der Waals surface area contributed by atoms with Crippen molar-refractivity contribution >= 4 is 35.2 Å². The van der Waals surface area contributed by atoms with Crippen molar-refractivity contribution in [2.24, 2.45) is 4.99 Å². The normalized spacial score (nSPS) is 22.3. The number of carbonyl (C=O) groups excluding carboxylic acids is 2. The van der Waals surface area contributed by atoms with Crippen LogP contribution >= 0.6 is 11.6 Å². The SMILES string of the molecule is CCOc1ccc(N2CCN3C2=NC2C3C(=O)N(Cc3ccccc3Cl)C(=O)N2C)cc1. The van der Waals surface area contributed by atoms with Gasteiger partial charge in [0.2, 0.25) is 5.96 Å². The van der Waals surface area contributed by atoms with Crippen LogP contribution in [-0.2, 0) is 11.3 Å². The Morgan fingerprint density at radius 2 is 1.84 bits per heavy atom. The highest BCUT2D eigenvalue weighted by Crippen LogP contribution is 2.34. The molecular weight excluding hydrogens is 430 g/mol. The molecule has 3 amide bonds. The lowest BCUT2D eigenvalue weighted by atomic mass is 10.1. The number of carbonyl (C=O) groups is 2. The Balaban J connectivity index is 1.40. The number of aliphatic imine (C=N–C) groups is 1. The van der Waals surface area contributed by atoms with E-state index in [2.05, 4.69) is 4.90 Å². The van der Waals surface area contributed by atoms with Crippen molar-refractivity contribution < 1.29 is 14.3 Å². The number of rotatable bonds is 5. The van der Waals surface area contributed by atoms with Gasteiger partial charge < -0.3 is 19.4 Å². The Morgan fingerprint density at radius 1 is 1.09 bits per heavy atom. The second-order valence-electron chi connectivity index (χ2n) is 7.97. The van der Waals surface area contributed by atoms with Crippen LogP contribution < -0.4 is 9.64 Å². The van der Waals surface area contributed by atoms with Crippen molar-refractivity contribution in [3.8, 4) is 5.75 Å². The molecular formula is C23H24ClN5O3. The summed E-state index contributed by atoms with van der Waals surface area (Å²) >= 11 is 6.28. The minimum atomic E-state index is -0.544. The fourth-order valence-corrected chi connectivity index (χ4v) is 4.71. The van der Waals surface area contributed by atoms with Crippen LogP contribution in [0.25, 0.3) is 0 Å². The predicted octanol–water partition coefficient (Wildman–Crippen LogP) is 3.02. The van der Waals surface area contributed by atoms with Gasteiger partial charge >= 0.3 is 6.03 Å². The van der Waals surface area contributed by atoms with Gasteiger partial charge in [0.05, 0.1) is 13.2 Å². The predicted molar refractivity (Wildman–Crippen MR) is 122 cm³/mol. The lowest BCUT2D eigenvalue weighted by Gasteiger charge is -2.40. The maximum absolute atomic E-state index is 13.5. The third kappa shape index (κ3) is 3.26. The Labute approximate surface area is 191 Å². The zero-order valence-corrected chi connectivity index (χ0v) is 18.7. The van der Waals surface area contributed by atoms with E-state index in [1.165, 1.54) is 4.90 Å². The third-order valence-corrected chi connectivity index (χ3v) is 6.49. The lowest BCUT2D eigenvalue weighted by molar-refractivity contribution is -0.137. The van der Waals surface area contributed by atoms with Crippen molar-refractivity contribution in [3.63, 3.8) is 0 Å². The number of ether oxygens (including phenoxy) is 1. The molecule has 5 rings (SSSR count). The summed E-state index contributed by atoms with van der Waals surface area (Å²) in [7, 11) is 1.69. The monoisotopic (exact) mass is 453 g/mol. The number of nitrogens with zero attached hydrogens (tertiary/aromatic N) is 5. The average molecular weight is 454 g/mol. The average Bonchev–Trinajstić information content (AvgIpc) is 3.37. The maximum atomic E-state index is 13.5. The summed E-state index contributed by atoms with van der Waals surface area (Å²) in [6.45, 7) is 4.06. The number of guanidine groups is 1. The molecule has 3 aliphatic rings. The zero-order chi connectivity index (χ0) is 22.4. The number of benzene rings is 2. The molecule has 166 valence electrons. The molecule has 0 N–H and O–H groups in total. The summed E-state index contributed by atoms with van der Waals surface area (Å²) in [5.74, 6) is 1.28. The van der Waals surface area contributed by atoms with E-state index in [0.29, 0.717) is 24.7 Å². The quantitative estimate of drug-likeness (QED) is 0.696. The summed E-state index contributed by atoms with van der Waals surface area (Å²) < 4.78 is 5.53. The van der Waals surface area contributed by atoms with E-state index in [1.807, 2.05) is 54.3 Å². The van der Waals surface area contributed by atoms with E-state index < -0.39 is 12.2 Å². The van der Waals surface area contributed by atoms with Crippen LogP contribution in [0.2, 0.25) is 5.02 Å². The molecule has 0 bridgehead atoms. The Bertz CT molecular complexity index is 1090. The molecule has 0 aliphatic carbocycles. The number of anilines is 1. The van der Waals surface area contributed by atoms with Gasteiger partial charge in [-0.3, -0.25) is 9.69 Å². The third-order valence-electron chi connectivity index (χ3n) is 6.12. The van der Waals surface area contributed by atoms with Crippen LogP contribution in [0.5, 0.6) is 5.75 Å². The molecule has 2 atom stereocenters. The van der Waals surface area contributed by atoms with E-state index in [0.717, 1.165) is 23.0 Å². The summed E-state index contributed by atoms with van der Waals surface area (Å²) in [6.07, 6.45) is -0.544. The molecule has 3 aliphatic heterocycles. The van der Waals surface area contributed by atoms with Gasteiger partial charge in [0.1, 0.15) is 5.75 Å². The highest BCUT2D eigenvalue weighted by molar-refractivity contribution is 6.31. The highest BCUT2D eigenvalue weighted by atomic mass is 35.5. The first kappa shape index (κ1) is 20.6. The molecule has 0 radical (unpaired) electrons. The van der Waals surface area contributed by atoms with Gasteiger partial charge in [-0.05, 0) is 42.8 Å². The van der Waals surface area contributed by atoms with Crippen molar-refractivity contribution in [1.29, 1.82) is 0 Å². The molecule has 2 unspecified atom stereocenters. The second-order valence-corrected chi connectivity index (χ2v) is 8.38. The van der Waals surface area contributed by atoms with Gasteiger partial charge in [-0.15, -0.1) is 0 Å². The molecule has 0 aromatic heterocycles. The number of hydrogen-bond donors (Lipinski definition) is 0. The van der Waals surface area contributed by atoms with Crippen molar-refractivity contribution in [2.45, 2.75) is 25.7 Å². The highest BCUT2D eigenvalue weighted by Gasteiger charge is 2.54. The van der Waals surface area contributed by atoms with Crippen LogP contribution in [0.4, 0.5) is 10.5 Å². The first-order valence-corrected chi connectivity index (χ1v) is 11.0. The Morgan fingerprint density at radius 3 is 2.56 bits per heavy atom. The first-order valence-electron chi connectivity index (χ1n) is 10.7. The first-order chi connectivity index (χ1) is 15.5. The summed E-state index contributed by atoms with van der Waals surface area (Å²) in [6, 6.07) is 14.2. The van der Waals surface area contributed by atoms with Crippen LogP contribution in [0.15, 0.2) is 53.5 Å². The van der Waals surface area contributed by atoms with Gasteiger partial charge in [-0.1, -0.05) is 29.8 Å². The number of fused-ring (bicyclic) bond motifs is 3. The van der Waals surface area contributed by atoms with Gasteiger partial charge in [-0.2, -0.15) is 0 Å². The molecule has 8 nitrogen and oxygen atoms in total. The molecule has 2 saturated heterocycles. The van der Waals surface area contributed by atoms with Crippen molar-refractivity contribution in [2.75, 3.05) is 31.6 Å². The number of likely N-dealkylation sites (N-methyl/N-ethyl adjacent to an activating group) is 1. The Kier molecular flexibility index (Phi) is 5.17. The minimum Gasteiger partial charge on any atom is -0.494 e. The van der Waals surface area contributed by atoms with Crippen molar-refractivity contribution in [3.05, 3.63) is 59.1 Å². The van der Waals surface area contributed by atoms with Crippen LogP contribution in [0.3, 0.4) is 0 Å². The van der Waals surface area contributed by atoms with Gasteiger partial charge in [0.15, 0.2) is 12.2 Å². The van der Waals surface area contributed by atoms with Gasteiger partial charge in [0.25, 0.3) is 5.91 Å². The van der Waals surface area contributed by atoms with E-state index in [9.17, 15) is 9.59 Å². The summed E-state index contributed by atoms with van der Waals surface area (Å²) in [4.78, 5) is 38.2. The molecule has 0 spiro atoms. The number of imide groups is 1. The van der Waals surface area contributed by atoms with Crippen LogP contribution in [-0.4, -0.2) is 71.5 Å². The molecule has 2 aromatic carbocycles. The molecule has 9 heteroatoms. The smallest absolute Gasteiger partial charge is 0.328 e. The van der Waals surface area contributed by atoms with Gasteiger partial charge in [-0.25, -0.2) is 9.79 Å². The number of amides is 3. The van der Waals surface area contributed by atoms with Crippen LogP contribution in [0.1, 0.15) is 12.5 Å². The fraction of sp³-hybridized carbons (Fsp3) is 0.348. The zero-order valence-electron chi connectivity index (χ0n) is 17.9. The maximum Gasteiger partial charge on any atom is 0.328 e. The molecule has 3 heterocycles. The summed E-state index contributed by atoms with van der Waals surface area (Å²) in [5, 5.41) is 0.532. The van der Waals surface area contributed by atoms with Crippen molar-refractivity contribution in [1.82, 2.24) is 14.7 Å². The largest absolute Gasteiger partial charge is 0.494 e. The molecule has 32 heavy (non-hydrogen) atoms. The van der Waals surface area contributed by atoms with E-state index in [4.69, 9.17) is 21.3 Å². The molecule has 2 aromatic rings. The number of halogens is 1. The Hall–Kier alpha value is -3.26.